The van der Waals surface area contributed by atoms with Crippen LogP contribution >= 0.6 is 10.7 Å². The van der Waals surface area contributed by atoms with Crippen molar-refractivity contribution in [1.82, 2.24) is 5.32 Å². The van der Waals surface area contributed by atoms with Gasteiger partial charge in [0, 0.05) is 10.7 Å². The molecule has 0 aliphatic heterocycles. The highest BCUT2D eigenvalue weighted by Gasteiger charge is 2.25. The predicted molar refractivity (Wildman–Crippen MR) is 74.0 cm³/mol. The van der Waals surface area contributed by atoms with E-state index in [1.165, 1.54) is 0 Å². The Kier molecular flexibility index (Phi) is 7.29. The van der Waals surface area contributed by atoms with Gasteiger partial charge in [0.25, 0.3) is 0 Å². The quantitative estimate of drug-likeness (QED) is 0.584. The number of nitrogens with one attached hydrogen (secondary N) is 1. The normalized spacial score (nSPS) is 13.4. The monoisotopic (exact) mass is 329 g/mol. The van der Waals surface area contributed by atoms with Gasteiger partial charge in [0.15, 0.2) is 0 Å². The molecular formula is C11H20ClNO6S. The van der Waals surface area contributed by atoms with Crippen molar-refractivity contribution in [3.05, 3.63) is 0 Å². The number of carbonyl (C=O) groups is 2. The van der Waals surface area contributed by atoms with Crippen molar-refractivity contribution < 1.29 is 27.5 Å². The van der Waals surface area contributed by atoms with Crippen LogP contribution in [0, 0.1) is 0 Å². The topological polar surface area (TPSA) is 98.8 Å². The second-order valence-corrected chi connectivity index (χ2v) is 7.88. The van der Waals surface area contributed by atoms with Crippen molar-refractivity contribution in [3.63, 3.8) is 0 Å². The summed E-state index contributed by atoms with van der Waals surface area (Å²) in [5.41, 5.74) is -0.738. The molecule has 0 fully saturated rings. The van der Waals surface area contributed by atoms with Crippen LogP contribution < -0.4 is 5.32 Å². The number of hydrogen-bond acceptors (Lipinski definition) is 6. The second kappa shape index (κ2) is 7.68. The van der Waals surface area contributed by atoms with E-state index in [2.05, 4.69) is 5.32 Å². The molecule has 1 amide bonds. The zero-order chi connectivity index (χ0) is 16.0. The number of alkyl carbamates (subject to hydrolysis) is 1. The summed E-state index contributed by atoms with van der Waals surface area (Å²) in [7, 11) is 1.25. The molecule has 7 nitrogen and oxygen atoms in total. The van der Waals surface area contributed by atoms with Crippen molar-refractivity contribution in [2.24, 2.45) is 0 Å². The average Bonchev–Trinajstić information content (AvgIpc) is 2.10. The number of esters is 1. The van der Waals surface area contributed by atoms with Crippen LogP contribution in [0.5, 0.6) is 0 Å². The van der Waals surface area contributed by atoms with E-state index in [0.29, 0.717) is 0 Å². The lowest BCUT2D eigenvalue weighted by molar-refractivity contribution is -0.143. The molecule has 1 unspecified atom stereocenters. The van der Waals surface area contributed by atoms with Crippen LogP contribution in [0.15, 0.2) is 0 Å². The minimum atomic E-state index is -3.88. The Bertz CT molecular complexity index is 442. The van der Waals surface area contributed by atoms with Gasteiger partial charge in [-0.3, -0.25) is 4.79 Å². The number of amides is 1. The Morgan fingerprint density at radius 1 is 1.30 bits per heavy atom. The van der Waals surface area contributed by atoms with Crippen LogP contribution in [0.2, 0.25) is 0 Å². The van der Waals surface area contributed by atoms with Gasteiger partial charge < -0.3 is 14.8 Å². The van der Waals surface area contributed by atoms with E-state index in [4.69, 9.17) is 20.2 Å². The van der Waals surface area contributed by atoms with Gasteiger partial charge in [-0.1, -0.05) is 0 Å². The summed E-state index contributed by atoms with van der Waals surface area (Å²) in [4.78, 5) is 22.9. The number of hydrogen-bond donors (Lipinski definition) is 1. The Morgan fingerprint density at radius 2 is 1.85 bits per heavy atom. The molecule has 0 aliphatic carbocycles. The number of halogens is 1. The van der Waals surface area contributed by atoms with Gasteiger partial charge in [-0.25, -0.2) is 13.2 Å². The highest BCUT2D eigenvalue weighted by atomic mass is 35.7. The molecule has 0 spiro atoms. The number of rotatable bonds is 6. The van der Waals surface area contributed by atoms with E-state index in [-0.39, 0.29) is 13.0 Å². The summed E-state index contributed by atoms with van der Waals surface area (Å²) in [5, 5.41) is 2.29. The van der Waals surface area contributed by atoms with Gasteiger partial charge in [-0.15, -0.1) is 0 Å². The summed E-state index contributed by atoms with van der Waals surface area (Å²) in [6, 6.07) is -1.01. The lowest BCUT2D eigenvalue weighted by atomic mass is 10.2. The molecule has 0 aromatic rings. The van der Waals surface area contributed by atoms with Crippen LogP contribution in [-0.4, -0.2) is 44.5 Å². The zero-order valence-electron chi connectivity index (χ0n) is 11.9. The summed E-state index contributed by atoms with van der Waals surface area (Å²) in [6.45, 7) is 6.75. The first-order valence-corrected chi connectivity index (χ1v) is 8.48. The Balaban J connectivity index is 4.69. The summed E-state index contributed by atoms with van der Waals surface area (Å²) >= 11 is 0. The molecule has 20 heavy (non-hydrogen) atoms. The molecule has 118 valence electrons. The first kappa shape index (κ1) is 19.0. The van der Waals surface area contributed by atoms with E-state index in [1.54, 1.807) is 27.7 Å². The molecule has 1 atom stereocenters. The Hall–Kier alpha value is -1.02. The summed E-state index contributed by atoms with van der Waals surface area (Å²) < 4.78 is 31.8. The van der Waals surface area contributed by atoms with E-state index in [0.717, 1.165) is 0 Å². The van der Waals surface area contributed by atoms with Gasteiger partial charge in [0.1, 0.15) is 5.60 Å². The highest BCUT2D eigenvalue weighted by molar-refractivity contribution is 8.13. The summed E-state index contributed by atoms with van der Waals surface area (Å²) in [6.07, 6.45) is -1.13. The van der Waals surface area contributed by atoms with Crippen LogP contribution in [-0.2, 0) is 23.3 Å². The molecule has 0 aliphatic rings. The van der Waals surface area contributed by atoms with E-state index in [9.17, 15) is 18.0 Å². The molecule has 0 saturated heterocycles. The van der Waals surface area contributed by atoms with Crippen molar-refractivity contribution in [2.75, 3.05) is 12.4 Å². The van der Waals surface area contributed by atoms with Crippen LogP contribution in [0.4, 0.5) is 4.79 Å². The number of ether oxygens (including phenoxy) is 2. The highest BCUT2D eigenvalue weighted by Crippen LogP contribution is 2.09. The smallest absolute Gasteiger partial charge is 0.407 e. The molecule has 0 heterocycles. The molecule has 0 saturated carbocycles. The average molecular weight is 330 g/mol. The fourth-order valence-electron chi connectivity index (χ4n) is 1.29. The maximum absolute atomic E-state index is 11.6. The molecule has 0 radical (unpaired) electrons. The van der Waals surface area contributed by atoms with Gasteiger partial charge in [-0.2, -0.15) is 0 Å². The third kappa shape index (κ3) is 10.9. The zero-order valence-corrected chi connectivity index (χ0v) is 13.5. The van der Waals surface area contributed by atoms with Gasteiger partial charge >= 0.3 is 12.1 Å². The van der Waals surface area contributed by atoms with Gasteiger partial charge in [0.2, 0.25) is 9.05 Å². The molecule has 0 aromatic carbocycles. The van der Waals surface area contributed by atoms with Gasteiger partial charge in [0.05, 0.1) is 24.8 Å². The fraction of sp³-hybridized carbons (Fsp3) is 0.818. The molecule has 0 bridgehead atoms. The first-order chi connectivity index (χ1) is 8.93. The van der Waals surface area contributed by atoms with Gasteiger partial charge in [-0.05, 0) is 27.7 Å². The van der Waals surface area contributed by atoms with Crippen LogP contribution in [0.1, 0.15) is 34.1 Å². The molecular weight excluding hydrogens is 310 g/mol. The largest absolute Gasteiger partial charge is 0.466 e. The van der Waals surface area contributed by atoms with Crippen LogP contribution in [0.25, 0.3) is 0 Å². The standard InChI is InChI=1S/C11H20ClNO6S/c1-5-18-9(14)6-8(7-20(12,16)17)13-10(15)19-11(2,3)4/h8H,5-7H2,1-4H3,(H,13,15). The Labute approximate surface area is 123 Å². The van der Waals surface area contributed by atoms with Crippen molar-refractivity contribution in [2.45, 2.75) is 45.8 Å². The lowest BCUT2D eigenvalue weighted by Crippen LogP contribution is -2.43. The first-order valence-electron chi connectivity index (χ1n) is 6.00. The molecule has 0 aromatic heterocycles. The maximum atomic E-state index is 11.6. The fourth-order valence-corrected chi connectivity index (χ4v) is 2.43. The van der Waals surface area contributed by atoms with Crippen molar-refractivity contribution in [3.8, 4) is 0 Å². The molecule has 9 heteroatoms. The van der Waals surface area contributed by atoms with Crippen LogP contribution in [0.3, 0.4) is 0 Å². The van der Waals surface area contributed by atoms with Crippen molar-refractivity contribution in [1.29, 1.82) is 0 Å². The van der Waals surface area contributed by atoms with E-state index in [1.807, 2.05) is 0 Å². The summed E-state index contributed by atoms with van der Waals surface area (Å²) in [5.74, 6) is -1.22. The molecule has 0 rings (SSSR count). The van der Waals surface area contributed by atoms with E-state index < -0.39 is 38.5 Å². The number of carbonyl (C=O) groups excluding carboxylic acids is 2. The lowest BCUT2D eigenvalue weighted by Gasteiger charge is -2.22. The minimum Gasteiger partial charge on any atom is -0.466 e. The SMILES string of the molecule is CCOC(=O)CC(CS(=O)(=O)Cl)NC(=O)OC(C)(C)C. The maximum Gasteiger partial charge on any atom is 0.407 e. The Morgan fingerprint density at radius 3 is 2.25 bits per heavy atom. The third-order valence-electron chi connectivity index (χ3n) is 1.84. The second-order valence-electron chi connectivity index (χ2n) is 5.06. The van der Waals surface area contributed by atoms with Crippen molar-refractivity contribution >= 4 is 31.8 Å². The molecule has 1 N–H and O–H groups in total. The van der Waals surface area contributed by atoms with E-state index >= 15 is 0 Å². The minimum absolute atomic E-state index is 0.158. The third-order valence-corrected chi connectivity index (χ3v) is 3.02. The predicted octanol–water partition coefficient (Wildman–Crippen LogP) is 1.40.